The first-order chi connectivity index (χ1) is 9.26. The molecule has 0 aliphatic heterocycles. The first-order valence-corrected chi connectivity index (χ1v) is 7.36. The molecule has 0 N–H and O–H groups in total. The summed E-state index contributed by atoms with van der Waals surface area (Å²) >= 11 is 12.1. The lowest BCUT2D eigenvalue weighted by molar-refractivity contribution is -0.158. The van der Waals surface area contributed by atoms with Gasteiger partial charge in [-0.3, -0.25) is 0 Å². The van der Waals surface area contributed by atoms with Gasteiger partial charge in [0.15, 0.2) is 5.60 Å². The van der Waals surface area contributed by atoms with Crippen molar-refractivity contribution in [2.75, 3.05) is 6.61 Å². The largest absolute Gasteiger partial charge is 0.476 e. The monoisotopic (exact) mass is 316 g/mol. The van der Waals surface area contributed by atoms with Crippen LogP contribution in [0, 0.1) is 0 Å². The molecule has 0 bridgehead atoms. The molecule has 1 fully saturated rings. The number of carbonyl (C=O) groups is 1. The maximum atomic E-state index is 11.8. The Hall–Kier alpha value is -0.930. The molecule has 20 heavy (non-hydrogen) atoms. The van der Waals surface area contributed by atoms with E-state index < -0.39 is 9.93 Å². The third-order valence-electron chi connectivity index (χ3n) is 3.23. The molecule has 2 rings (SSSR count). The highest BCUT2D eigenvalue weighted by molar-refractivity contribution is 6.51. The van der Waals surface area contributed by atoms with E-state index in [0.717, 1.165) is 12.0 Å². The van der Waals surface area contributed by atoms with Crippen LogP contribution in [0.5, 0.6) is 5.75 Å². The molecule has 1 saturated carbocycles. The molecule has 1 aliphatic rings. The summed E-state index contributed by atoms with van der Waals surface area (Å²) in [7, 11) is 0. The molecule has 0 saturated heterocycles. The molecule has 1 aliphatic carbocycles. The lowest BCUT2D eigenvalue weighted by atomic mass is 10.1. The summed E-state index contributed by atoms with van der Waals surface area (Å²) in [5, 5.41) is 0. The second-order valence-corrected chi connectivity index (χ2v) is 6.97. The number of rotatable bonds is 5. The van der Waals surface area contributed by atoms with Crippen LogP contribution in [0.25, 0.3) is 0 Å². The smallest absolute Gasteiger partial charge is 0.349 e. The van der Waals surface area contributed by atoms with Crippen molar-refractivity contribution in [2.24, 2.45) is 0 Å². The summed E-state index contributed by atoms with van der Waals surface area (Å²) in [6.45, 7) is 5.46. The zero-order chi connectivity index (χ0) is 15.0. The van der Waals surface area contributed by atoms with Gasteiger partial charge in [-0.2, -0.15) is 0 Å². The number of carbonyl (C=O) groups excluding carboxylic acids is 1. The molecule has 3 nitrogen and oxygen atoms in total. The van der Waals surface area contributed by atoms with Crippen LogP contribution in [0.2, 0.25) is 0 Å². The van der Waals surface area contributed by atoms with Gasteiger partial charge >= 0.3 is 5.97 Å². The molecule has 0 spiro atoms. The van der Waals surface area contributed by atoms with Crippen molar-refractivity contribution in [3.8, 4) is 5.75 Å². The van der Waals surface area contributed by atoms with Gasteiger partial charge in [0.2, 0.25) is 0 Å². The van der Waals surface area contributed by atoms with Crippen molar-refractivity contribution < 1.29 is 14.3 Å². The molecule has 110 valence electrons. The minimum atomic E-state index is -1.03. The highest BCUT2D eigenvalue weighted by atomic mass is 35.5. The molecular formula is C15H18Cl2O3. The van der Waals surface area contributed by atoms with Crippen LogP contribution in [0.1, 0.15) is 38.7 Å². The molecule has 0 radical (unpaired) electrons. The number of halogens is 2. The number of hydrogen-bond donors (Lipinski definition) is 0. The van der Waals surface area contributed by atoms with Gasteiger partial charge in [0, 0.05) is 5.92 Å². The van der Waals surface area contributed by atoms with E-state index in [4.69, 9.17) is 32.7 Å². The molecule has 1 aromatic rings. The van der Waals surface area contributed by atoms with E-state index in [1.165, 1.54) is 0 Å². The number of benzene rings is 1. The third kappa shape index (κ3) is 3.39. The number of ether oxygens (including phenoxy) is 2. The second-order valence-electron chi connectivity index (χ2n) is 5.42. The van der Waals surface area contributed by atoms with Crippen LogP contribution >= 0.6 is 23.2 Å². The lowest BCUT2D eigenvalue weighted by Gasteiger charge is -2.24. The molecule has 1 unspecified atom stereocenters. The van der Waals surface area contributed by atoms with Crippen molar-refractivity contribution in [2.45, 2.75) is 43.0 Å². The summed E-state index contributed by atoms with van der Waals surface area (Å²) in [5.41, 5.74) is -0.0100. The van der Waals surface area contributed by atoms with E-state index in [2.05, 4.69) is 0 Å². The van der Waals surface area contributed by atoms with E-state index >= 15 is 0 Å². The van der Waals surface area contributed by atoms with E-state index in [-0.39, 0.29) is 11.9 Å². The number of alkyl halides is 2. The SMILES string of the molecule is CCOC(=O)C(C)(C)Oc1cccc(C2CC2(Cl)Cl)c1. The van der Waals surface area contributed by atoms with Gasteiger partial charge in [-0.25, -0.2) is 4.79 Å². The minimum absolute atomic E-state index is 0.125. The van der Waals surface area contributed by atoms with Gasteiger partial charge in [-0.15, -0.1) is 23.2 Å². The normalized spacial score (nSPS) is 20.4. The Balaban J connectivity index is 2.10. The molecule has 0 heterocycles. The van der Waals surface area contributed by atoms with Crippen LogP contribution in [0.3, 0.4) is 0 Å². The summed E-state index contributed by atoms with van der Waals surface area (Å²) in [6, 6.07) is 7.50. The predicted octanol–water partition coefficient (Wildman–Crippen LogP) is 4.07. The maximum absolute atomic E-state index is 11.8. The highest BCUT2D eigenvalue weighted by Gasteiger charge is 2.52. The summed E-state index contributed by atoms with van der Waals surface area (Å²) < 4.78 is 10.1. The van der Waals surface area contributed by atoms with Crippen LogP contribution in [-0.2, 0) is 9.53 Å². The summed E-state index contributed by atoms with van der Waals surface area (Å²) in [6.07, 6.45) is 0.737. The average molecular weight is 317 g/mol. The Labute approximate surface area is 129 Å². The van der Waals surface area contributed by atoms with Crippen molar-refractivity contribution >= 4 is 29.2 Å². The molecule has 0 amide bonds. The van der Waals surface area contributed by atoms with Gasteiger partial charge < -0.3 is 9.47 Å². The van der Waals surface area contributed by atoms with Crippen molar-refractivity contribution in [1.82, 2.24) is 0 Å². The zero-order valence-electron chi connectivity index (χ0n) is 11.8. The van der Waals surface area contributed by atoms with Crippen molar-refractivity contribution in [1.29, 1.82) is 0 Å². The van der Waals surface area contributed by atoms with Gasteiger partial charge in [0.25, 0.3) is 0 Å². The summed E-state index contributed by atoms with van der Waals surface area (Å²) in [5.74, 6) is 0.345. The van der Waals surface area contributed by atoms with E-state index in [1.54, 1.807) is 26.8 Å². The zero-order valence-corrected chi connectivity index (χ0v) is 13.3. The predicted molar refractivity (Wildman–Crippen MR) is 79.6 cm³/mol. The fourth-order valence-electron chi connectivity index (χ4n) is 2.01. The van der Waals surface area contributed by atoms with Crippen LogP contribution < -0.4 is 4.74 Å². The molecule has 1 aromatic carbocycles. The minimum Gasteiger partial charge on any atom is -0.476 e. The summed E-state index contributed by atoms with van der Waals surface area (Å²) in [4.78, 5) is 11.8. The topological polar surface area (TPSA) is 35.5 Å². The quantitative estimate of drug-likeness (QED) is 0.607. The van der Waals surface area contributed by atoms with E-state index in [0.29, 0.717) is 12.4 Å². The van der Waals surface area contributed by atoms with Gasteiger partial charge in [0.1, 0.15) is 10.1 Å². The standard InChI is InChI=1S/C15H18Cl2O3/c1-4-19-13(18)14(2,3)20-11-7-5-6-10(8-11)12-9-15(12,16)17/h5-8,12H,4,9H2,1-3H3. The van der Waals surface area contributed by atoms with Crippen molar-refractivity contribution in [3.05, 3.63) is 29.8 Å². The lowest BCUT2D eigenvalue weighted by Crippen LogP contribution is -2.39. The Kier molecular flexibility index (Phi) is 4.22. The molecule has 0 aromatic heterocycles. The molecule has 5 heteroatoms. The van der Waals surface area contributed by atoms with Crippen LogP contribution in [-0.4, -0.2) is 22.5 Å². The van der Waals surface area contributed by atoms with Gasteiger partial charge in [-0.05, 0) is 44.9 Å². The Morgan fingerprint density at radius 1 is 1.45 bits per heavy atom. The first kappa shape index (κ1) is 15.5. The number of hydrogen-bond acceptors (Lipinski definition) is 3. The van der Waals surface area contributed by atoms with Gasteiger partial charge in [0.05, 0.1) is 6.61 Å². The van der Waals surface area contributed by atoms with Gasteiger partial charge in [-0.1, -0.05) is 12.1 Å². The molecular weight excluding hydrogens is 299 g/mol. The van der Waals surface area contributed by atoms with E-state index in [1.807, 2.05) is 18.2 Å². The van der Waals surface area contributed by atoms with E-state index in [9.17, 15) is 4.79 Å². The molecule has 1 atom stereocenters. The van der Waals surface area contributed by atoms with Crippen molar-refractivity contribution in [3.63, 3.8) is 0 Å². The number of esters is 1. The average Bonchev–Trinajstić information content (AvgIpc) is 2.98. The Bertz CT molecular complexity index is 512. The third-order valence-corrected chi connectivity index (χ3v) is 4.06. The van der Waals surface area contributed by atoms with Crippen LogP contribution in [0.4, 0.5) is 0 Å². The highest BCUT2D eigenvalue weighted by Crippen LogP contribution is 2.59. The fourth-order valence-corrected chi connectivity index (χ4v) is 2.57. The first-order valence-electron chi connectivity index (χ1n) is 6.60. The Morgan fingerprint density at radius 2 is 2.10 bits per heavy atom. The maximum Gasteiger partial charge on any atom is 0.349 e. The Morgan fingerprint density at radius 3 is 2.65 bits per heavy atom. The van der Waals surface area contributed by atoms with Crippen LogP contribution in [0.15, 0.2) is 24.3 Å². The second kappa shape index (κ2) is 5.45. The fraction of sp³-hybridized carbons (Fsp3) is 0.533.